The second kappa shape index (κ2) is 19.9. The van der Waals surface area contributed by atoms with E-state index in [1.807, 2.05) is 104 Å². The molecule has 4 N–H and O–H groups in total. The minimum atomic E-state index is -0.469. The number of carbonyl (C=O) groups excluding carboxylic acids is 3. The molecule has 52 heavy (non-hydrogen) atoms. The van der Waals surface area contributed by atoms with Crippen LogP contribution in [0.5, 0.6) is 0 Å². The molecule has 272 valence electrons. The van der Waals surface area contributed by atoms with E-state index in [1.165, 1.54) is 22.7 Å². The first-order valence-electron chi connectivity index (χ1n) is 17.3. The molecule has 2 amide bonds. The van der Waals surface area contributed by atoms with Crippen molar-refractivity contribution in [2.75, 3.05) is 11.5 Å². The van der Waals surface area contributed by atoms with Gasteiger partial charge in [0.25, 0.3) is 11.8 Å². The molecule has 0 saturated carbocycles. The van der Waals surface area contributed by atoms with Crippen molar-refractivity contribution in [3.8, 4) is 0 Å². The number of benzene rings is 3. The van der Waals surface area contributed by atoms with Crippen molar-refractivity contribution in [1.29, 1.82) is 0 Å². The summed E-state index contributed by atoms with van der Waals surface area (Å²) in [5.74, 6) is -0.175. The first-order chi connectivity index (χ1) is 25.4. The van der Waals surface area contributed by atoms with Crippen molar-refractivity contribution in [1.82, 2.24) is 25.0 Å². The molecule has 1 aliphatic rings. The van der Waals surface area contributed by atoms with Gasteiger partial charge in [0.1, 0.15) is 33.9 Å². The molecule has 0 saturated heterocycles. The highest BCUT2D eigenvalue weighted by Gasteiger charge is 2.36. The molecule has 0 radical (unpaired) electrons. The number of aromatic nitrogens is 4. The number of rotatable bonds is 5. The van der Waals surface area contributed by atoms with E-state index in [1.54, 1.807) is 24.3 Å². The van der Waals surface area contributed by atoms with Gasteiger partial charge < -0.3 is 16.3 Å². The van der Waals surface area contributed by atoms with Crippen LogP contribution in [0.1, 0.15) is 86.1 Å². The monoisotopic (exact) mass is 739 g/mol. The maximum Gasteiger partial charge on any atom is 0.285 e. The summed E-state index contributed by atoms with van der Waals surface area (Å²) in [7, 11) is 0. The largest absolute Gasteiger partial charge is 0.382 e. The summed E-state index contributed by atoms with van der Waals surface area (Å²) in [6, 6.07) is 22.1. The molecule has 0 unspecified atom stereocenters. The molecule has 1 aliphatic heterocycles. The Balaban J connectivity index is 0.000000251. The SMILES string of the molecule is CC.CC.CC.CC.Nc1nc2ccccc2c2sc(CC=O)nc12.Nc1nc2ccccc2c2sc(CON3C(=O)c4ccccc4C3=O)nc12. The highest BCUT2D eigenvalue weighted by atomic mass is 32.1. The highest BCUT2D eigenvalue weighted by Crippen LogP contribution is 2.34. The average molecular weight is 740 g/mol. The topological polar surface area (TPSA) is 167 Å². The van der Waals surface area contributed by atoms with Crippen LogP contribution in [0.25, 0.3) is 42.2 Å². The fraction of sp³-hybridized carbons (Fsp3) is 0.256. The van der Waals surface area contributed by atoms with E-state index < -0.39 is 11.8 Å². The van der Waals surface area contributed by atoms with E-state index in [9.17, 15) is 14.4 Å². The number of hydrogen-bond acceptors (Lipinski definition) is 12. The van der Waals surface area contributed by atoms with Crippen molar-refractivity contribution in [2.24, 2.45) is 0 Å². The third kappa shape index (κ3) is 8.56. The van der Waals surface area contributed by atoms with Crippen LogP contribution in [-0.2, 0) is 22.7 Å². The van der Waals surface area contributed by atoms with Crippen LogP contribution in [0.15, 0.2) is 72.8 Å². The van der Waals surface area contributed by atoms with E-state index in [2.05, 4.69) is 19.9 Å². The van der Waals surface area contributed by atoms with Crippen LogP contribution < -0.4 is 11.5 Å². The second-order valence-corrected chi connectivity index (χ2v) is 11.9. The molecule has 0 aliphatic carbocycles. The Morgan fingerprint density at radius 1 is 0.615 bits per heavy atom. The minimum absolute atomic E-state index is 0.0153. The molecule has 8 rings (SSSR count). The first-order valence-corrected chi connectivity index (χ1v) is 19.0. The number of nitrogen functional groups attached to an aromatic ring is 2. The van der Waals surface area contributed by atoms with Crippen molar-refractivity contribution in [3.05, 3.63) is 93.9 Å². The zero-order valence-electron chi connectivity index (χ0n) is 30.8. The third-order valence-electron chi connectivity index (χ3n) is 6.94. The van der Waals surface area contributed by atoms with E-state index in [-0.39, 0.29) is 6.61 Å². The molecule has 7 aromatic rings. The number of anilines is 2. The predicted molar refractivity (Wildman–Crippen MR) is 216 cm³/mol. The van der Waals surface area contributed by atoms with Crippen LogP contribution in [0.2, 0.25) is 0 Å². The molecule has 11 nitrogen and oxygen atoms in total. The molecular formula is C39H45N7O4S2. The highest BCUT2D eigenvalue weighted by molar-refractivity contribution is 7.20. The van der Waals surface area contributed by atoms with Crippen molar-refractivity contribution in [2.45, 2.75) is 68.4 Å². The summed E-state index contributed by atoms with van der Waals surface area (Å²) in [4.78, 5) is 58.3. The first kappa shape index (κ1) is 41.1. The van der Waals surface area contributed by atoms with Gasteiger partial charge in [-0.05, 0) is 24.3 Å². The summed E-state index contributed by atoms with van der Waals surface area (Å²) in [5.41, 5.74) is 15.5. The third-order valence-corrected chi connectivity index (χ3v) is 9.11. The summed E-state index contributed by atoms with van der Waals surface area (Å²) < 4.78 is 1.91. The Morgan fingerprint density at radius 3 is 1.48 bits per heavy atom. The van der Waals surface area contributed by atoms with Crippen molar-refractivity contribution < 1.29 is 19.2 Å². The number of fused-ring (bicyclic) bond motifs is 7. The van der Waals surface area contributed by atoms with Crippen LogP contribution >= 0.6 is 22.7 Å². The van der Waals surface area contributed by atoms with Gasteiger partial charge in [-0.25, -0.2) is 19.9 Å². The number of hydroxylamine groups is 2. The average Bonchev–Trinajstić information content (AvgIpc) is 3.90. The maximum atomic E-state index is 12.4. The molecule has 0 atom stereocenters. The van der Waals surface area contributed by atoms with Gasteiger partial charge in [-0.1, -0.05) is 104 Å². The fourth-order valence-electron chi connectivity index (χ4n) is 4.96. The maximum absolute atomic E-state index is 12.4. The van der Waals surface area contributed by atoms with Gasteiger partial charge >= 0.3 is 0 Å². The van der Waals surface area contributed by atoms with Gasteiger partial charge in [0.05, 0.1) is 38.0 Å². The molecule has 3 aromatic carbocycles. The number of nitrogens with zero attached hydrogens (tertiary/aromatic N) is 5. The van der Waals surface area contributed by atoms with Crippen LogP contribution in [0.3, 0.4) is 0 Å². The molecular weight excluding hydrogens is 695 g/mol. The van der Waals surface area contributed by atoms with E-state index in [0.29, 0.717) is 45.2 Å². The minimum Gasteiger partial charge on any atom is -0.382 e. The lowest BCUT2D eigenvalue weighted by atomic mass is 10.1. The predicted octanol–water partition coefficient (Wildman–Crippen LogP) is 9.43. The van der Waals surface area contributed by atoms with Gasteiger partial charge in [0.15, 0.2) is 11.6 Å². The molecule has 0 bridgehead atoms. The van der Waals surface area contributed by atoms with Gasteiger partial charge in [0.2, 0.25) is 0 Å². The van der Waals surface area contributed by atoms with Crippen LogP contribution in [-0.4, -0.2) is 43.1 Å². The normalized spacial score (nSPS) is 11.2. The van der Waals surface area contributed by atoms with Crippen LogP contribution in [0.4, 0.5) is 11.6 Å². The number of pyridine rings is 2. The number of thiazole rings is 2. The summed E-state index contributed by atoms with van der Waals surface area (Å²) in [6.07, 6.45) is 1.18. The van der Waals surface area contributed by atoms with Gasteiger partial charge in [-0.3, -0.25) is 14.4 Å². The number of imide groups is 1. The van der Waals surface area contributed by atoms with Crippen LogP contribution in [0, 0.1) is 0 Å². The Bertz CT molecular complexity index is 2250. The number of amides is 2. The Hall–Kier alpha value is -5.37. The quantitative estimate of drug-likeness (QED) is 0.128. The van der Waals surface area contributed by atoms with E-state index in [0.717, 1.165) is 47.6 Å². The van der Waals surface area contributed by atoms with Crippen molar-refractivity contribution >= 4 is 94.6 Å². The fourth-order valence-corrected chi connectivity index (χ4v) is 7.02. The van der Waals surface area contributed by atoms with Gasteiger partial charge in [0, 0.05) is 10.8 Å². The van der Waals surface area contributed by atoms with E-state index in [4.69, 9.17) is 16.3 Å². The Morgan fingerprint density at radius 2 is 1.02 bits per heavy atom. The molecule has 4 aromatic heterocycles. The summed E-state index contributed by atoms with van der Waals surface area (Å²) in [6.45, 7) is 16.0. The molecule has 13 heteroatoms. The lowest BCUT2D eigenvalue weighted by Crippen LogP contribution is -2.29. The Kier molecular flexibility index (Phi) is 15.7. The standard InChI is InChI=1S/C19H12N4O3S.C12H9N3OS.4C2H6/c20-17-15-16(12-7-3-4-8-13(12)21-17)27-14(22-15)9-26-23-18(24)10-5-1-2-6-11(10)19(23)25;13-12-10-11(17-9(15-10)5-6-16)7-3-1-2-4-8(7)14-12;4*1-2/h1-8H,9H2,(H2,20,21);1-4,6H,5H2,(H2,13,14);4*1-2H3. The second-order valence-electron chi connectivity index (χ2n) is 9.69. The lowest BCUT2D eigenvalue weighted by molar-refractivity contribution is -0.107. The number of carbonyl (C=O) groups is 3. The van der Waals surface area contributed by atoms with Gasteiger partial charge in [-0.15, -0.1) is 27.7 Å². The number of para-hydroxylation sites is 2. The summed E-state index contributed by atoms with van der Waals surface area (Å²) >= 11 is 2.91. The lowest BCUT2D eigenvalue weighted by Gasteiger charge is -2.11. The number of aldehydes is 1. The van der Waals surface area contributed by atoms with Crippen molar-refractivity contribution in [3.63, 3.8) is 0 Å². The smallest absolute Gasteiger partial charge is 0.285 e. The zero-order chi connectivity index (χ0) is 38.4. The van der Waals surface area contributed by atoms with E-state index >= 15 is 0 Å². The number of hydrogen-bond donors (Lipinski definition) is 2. The molecule has 0 spiro atoms. The molecule has 5 heterocycles. The molecule has 0 fully saturated rings. The number of nitrogens with two attached hydrogens (primary N) is 2. The Labute approximate surface area is 311 Å². The zero-order valence-corrected chi connectivity index (χ0v) is 32.4. The summed E-state index contributed by atoms with van der Waals surface area (Å²) in [5, 5.41) is 4.15. The van der Waals surface area contributed by atoms with Gasteiger partial charge in [-0.2, -0.15) is 0 Å².